The Morgan fingerprint density at radius 2 is 1.77 bits per heavy atom. The standard InChI is InChI=1S/C18H9BrS3/c19-14-9-11-21-16(14)8-7-13-12-4-1-2-5-15(12)22-18(13)17-6-3-10-20-17/h1-6,9-11H. The molecule has 0 aliphatic heterocycles. The van der Waals surface area contributed by atoms with E-state index < -0.39 is 0 Å². The molecule has 0 radical (unpaired) electrons. The molecule has 0 unspecified atom stereocenters. The van der Waals surface area contributed by atoms with Crippen LogP contribution in [0.3, 0.4) is 0 Å². The maximum atomic E-state index is 3.55. The van der Waals surface area contributed by atoms with E-state index >= 15 is 0 Å². The van der Waals surface area contributed by atoms with Crippen LogP contribution in [-0.2, 0) is 0 Å². The molecule has 4 rings (SSSR count). The van der Waals surface area contributed by atoms with E-state index in [4.69, 9.17) is 0 Å². The number of halogens is 1. The molecule has 0 saturated heterocycles. The van der Waals surface area contributed by atoms with Gasteiger partial charge in [-0.3, -0.25) is 0 Å². The zero-order chi connectivity index (χ0) is 14.9. The monoisotopic (exact) mass is 400 g/mol. The molecule has 0 fully saturated rings. The van der Waals surface area contributed by atoms with Crippen molar-refractivity contribution in [3.63, 3.8) is 0 Å². The fraction of sp³-hybridized carbons (Fsp3) is 0. The highest BCUT2D eigenvalue weighted by molar-refractivity contribution is 9.10. The van der Waals surface area contributed by atoms with E-state index in [9.17, 15) is 0 Å². The van der Waals surface area contributed by atoms with Gasteiger partial charge in [-0.25, -0.2) is 0 Å². The molecule has 22 heavy (non-hydrogen) atoms. The molecule has 0 atom stereocenters. The van der Waals surface area contributed by atoms with Gasteiger partial charge in [0.1, 0.15) is 0 Å². The van der Waals surface area contributed by atoms with Gasteiger partial charge in [0.15, 0.2) is 0 Å². The molecule has 3 aromatic heterocycles. The van der Waals surface area contributed by atoms with Gasteiger partial charge in [0.2, 0.25) is 0 Å². The fourth-order valence-corrected chi connectivity index (χ4v) is 5.59. The van der Waals surface area contributed by atoms with Crippen molar-refractivity contribution in [2.75, 3.05) is 0 Å². The summed E-state index contributed by atoms with van der Waals surface area (Å²) >= 11 is 8.81. The molecule has 0 nitrogen and oxygen atoms in total. The summed E-state index contributed by atoms with van der Waals surface area (Å²) in [5, 5.41) is 5.42. The molecule has 0 amide bonds. The van der Waals surface area contributed by atoms with Crippen molar-refractivity contribution in [3.8, 4) is 21.6 Å². The van der Waals surface area contributed by atoms with Crippen molar-refractivity contribution in [2.24, 2.45) is 0 Å². The maximum absolute atomic E-state index is 3.55. The molecule has 0 spiro atoms. The summed E-state index contributed by atoms with van der Waals surface area (Å²) in [5.41, 5.74) is 1.14. The maximum Gasteiger partial charge on any atom is 0.0914 e. The fourth-order valence-electron chi connectivity index (χ4n) is 2.25. The zero-order valence-electron chi connectivity index (χ0n) is 11.3. The Kier molecular flexibility index (Phi) is 3.89. The summed E-state index contributed by atoms with van der Waals surface area (Å²) in [6.07, 6.45) is 0. The second-order valence-electron chi connectivity index (χ2n) is 4.63. The summed E-state index contributed by atoms with van der Waals surface area (Å²) in [5.74, 6) is 6.74. The minimum absolute atomic E-state index is 1.07. The second-order valence-corrected chi connectivity index (χ2v) is 8.40. The van der Waals surface area contributed by atoms with Crippen molar-refractivity contribution in [1.82, 2.24) is 0 Å². The highest BCUT2D eigenvalue weighted by atomic mass is 79.9. The Morgan fingerprint density at radius 1 is 0.864 bits per heavy atom. The molecule has 4 heteroatoms. The van der Waals surface area contributed by atoms with Crippen LogP contribution >= 0.6 is 49.9 Å². The molecule has 3 heterocycles. The van der Waals surface area contributed by atoms with Gasteiger partial charge in [0, 0.05) is 19.4 Å². The molecular weight excluding hydrogens is 392 g/mol. The van der Waals surface area contributed by atoms with E-state index in [1.54, 1.807) is 22.7 Å². The van der Waals surface area contributed by atoms with Crippen LogP contribution < -0.4 is 0 Å². The lowest BCUT2D eigenvalue weighted by molar-refractivity contribution is 1.79. The second kappa shape index (κ2) is 6.02. The van der Waals surface area contributed by atoms with Crippen LogP contribution in [0.2, 0.25) is 0 Å². The number of hydrogen-bond donors (Lipinski definition) is 0. The van der Waals surface area contributed by atoms with Gasteiger partial charge in [0.05, 0.1) is 15.3 Å². The van der Waals surface area contributed by atoms with Crippen LogP contribution in [-0.4, -0.2) is 0 Å². The van der Waals surface area contributed by atoms with Crippen molar-refractivity contribution in [2.45, 2.75) is 0 Å². The van der Waals surface area contributed by atoms with E-state index in [1.165, 1.54) is 19.8 Å². The summed E-state index contributed by atoms with van der Waals surface area (Å²) < 4.78 is 2.36. The van der Waals surface area contributed by atoms with Crippen LogP contribution in [0, 0.1) is 11.8 Å². The summed E-state index contributed by atoms with van der Waals surface area (Å²) in [6, 6.07) is 14.8. The van der Waals surface area contributed by atoms with Gasteiger partial charge in [0.25, 0.3) is 0 Å². The lowest BCUT2D eigenvalue weighted by atomic mass is 10.1. The first-order chi connectivity index (χ1) is 10.8. The Hall–Kier alpha value is -1.38. The van der Waals surface area contributed by atoms with Crippen LogP contribution in [0.4, 0.5) is 0 Å². The highest BCUT2D eigenvalue weighted by Gasteiger charge is 2.12. The highest BCUT2D eigenvalue weighted by Crippen LogP contribution is 2.40. The third-order valence-corrected chi connectivity index (χ3v) is 7.23. The minimum Gasteiger partial charge on any atom is -0.143 e. The molecular formula is C18H9BrS3. The van der Waals surface area contributed by atoms with E-state index in [2.05, 4.69) is 74.9 Å². The number of benzene rings is 1. The van der Waals surface area contributed by atoms with Crippen LogP contribution in [0.15, 0.2) is 57.7 Å². The van der Waals surface area contributed by atoms with E-state index in [1.807, 2.05) is 17.4 Å². The lowest BCUT2D eigenvalue weighted by Crippen LogP contribution is -1.76. The third-order valence-electron chi connectivity index (χ3n) is 3.26. The van der Waals surface area contributed by atoms with Crippen molar-refractivity contribution >= 4 is 60.0 Å². The lowest BCUT2D eigenvalue weighted by Gasteiger charge is -1.94. The summed E-state index contributed by atoms with van der Waals surface area (Å²) in [7, 11) is 0. The SMILES string of the molecule is Brc1ccsc1C#Cc1c(-c2cccs2)sc2ccccc12. The van der Waals surface area contributed by atoms with Gasteiger partial charge < -0.3 is 0 Å². The minimum atomic E-state index is 1.07. The summed E-state index contributed by atoms with van der Waals surface area (Å²) in [6.45, 7) is 0. The van der Waals surface area contributed by atoms with Crippen molar-refractivity contribution < 1.29 is 0 Å². The molecule has 0 bridgehead atoms. The predicted molar refractivity (Wildman–Crippen MR) is 103 cm³/mol. The molecule has 0 N–H and O–H groups in total. The van der Waals surface area contributed by atoms with Gasteiger partial charge in [-0.2, -0.15) is 0 Å². The van der Waals surface area contributed by atoms with Crippen LogP contribution in [0.1, 0.15) is 10.4 Å². The van der Waals surface area contributed by atoms with Gasteiger partial charge in [-0.1, -0.05) is 30.2 Å². The first-order valence-corrected chi connectivity index (χ1v) is 10.0. The van der Waals surface area contributed by atoms with Crippen molar-refractivity contribution in [3.05, 3.63) is 68.1 Å². The van der Waals surface area contributed by atoms with Crippen LogP contribution in [0.5, 0.6) is 0 Å². The first-order valence-electron chi connectivity index (χ1n) is 6.63. The average Bonchev–Trinajstić information content (AvgIpc) is 3.24. The quantitative estimate of drug-likeness (QED) is 0.306. The topological polar surface area (TPSA) is 0 Å². The normalized spacial score (nSPS) is 10.6. The molecule has 1 aromatic carbocycles. The van der Waals surface area contributed by atoms with Gasteiger partial charge in [-0.15, -0.1) is 34.0 Å². The number of thiophene rings is 3. The van der Waals surface area contributed by atoms with Gasteiger partial charge >= 0.3 is 0 Å². The number of hydrogen-bond acceptors (Lipinski definition) is 3. The predicted octanol–water partition coefficient (Wildman–Crippen LogP) is 6.85. The van der Waals surface area contributed by atoms with Crippen molar-refractivity contribution in [1.29, 1.82) is 0 Å². The molecule has 4 aromatic rings. The largest absolute Gasteiger partial charge is 0.143 e. The average molecular weight is 401 g/mol. The van der Waals surface area contributed by atoms with E-state index in [0.29, 0.717) is 0 Å². The molecule has 0 aliphatic carbocycles. The number of fused-ring (bicyclic) bond motifs is 1. The Morgan fingerprint density at radius 3 is 2.55 bits per heavy atom. The Labute approximate surface area is 149 Å². The van der Waals surface area contributed by atoms with Gasteiger partial charge in [-0.05, 0) is 50.8 Å². The molecule has 0 saturated carbocycles. The first kappa shape index (κ1) is 14.2. The Balaban J connectivity index is 1.94. The smallest absolute Gasteiger partial charge is 0.0914 e. The van der Waals surface area contributed by atoms with E-state index in [0.717, 1.165) is 14.9 Å². The third kappa shape index (κ3) is 2.55. The zero-order valence-corrected chi connectivity index (χ0v) is 15.3. The van der Waals surface area contributed by atoms with Crippen LogP contribution in [0.25, 0.3) is 19.8 Å². The Bertz CT molecular complexity index is 994. The van der Waals surface area contributed by atoms with E-state index in [-0.39, 0.29) is 0 Å². The number of rotatable bonds is 1. The summed E-state index contributed by atoms with van der Waals surface area (Å²) in [4.78, 5) is 3.64. The molecule has 106 valence electrons. The molecule has 0 aliphatic rings.